The van der Waals surface area contributed by atoms with Gasteiger partial charge in [0.1, 0.15) is 5.75 Å². The molecular weight excluding hydrogens is 344 g/mol. The normalized spacial score (nSPS) is 10.6. The molecule has 0 bridgehead atoms. The maximum Gasteiger partial charge on any atom is 0.277 e. The molecule has 4 nitrogen and oxygen atoms in total. The van der Waals surface area contributed by atoms with E-state index in [1.54, 1.807) is 6.21 Å². The molecular formula is C17H17BrN2O2. The van der Waals surface area contributed by atoms with Crippen LogP contribution >= 0.6 is 15.9 Å². The Morgan fingerprint density at radius 3 is 2.73 bits per heavy atom. The van der Waals surface area contributed by atoms with Gasteiger partial charge in [-0.25, -0.2) is 5.43 Å². The van der Waals surface area contributed by atoms with Crippen LogP contribution < -0.4 is 10.2 Å². The Kier molecular flexibility index (Phi) is 6.15. The van der Waals surface area contributed by atoms with Gasteiger partial charge in [0.15, 0.2) is 6.61 Å². The third kappa shape index (κ3) is 5.00. The van der Waals surface area contributed by atoms with Gasteiger partial charge in [-0.1, -0.05) is 43.3 Å². The average molecular weight is 361 g/mol. The van der Waals surface area contributed by atoms with Gasteiger partial charge in [0, 0.05) is 0 Å². The fraction of sp³-hybridized carbons (Fsp3) is 0.176. The number of hydrazone groups is 1. The molecule has 0 saturated heterocycles. The van der Waals surface area contributed by atoms with Crippen LogP contribution in [0.15, 0.2) is 58.1 Å². The molecule has 0 fully saturated rings. The number of benzene rings is 2. The second kappa shape index (κ2) is 8.34. The summed E-state index contributed by atoms with van der Waals surface area (Å²) in [7, 11) is 0. The molecule has 2 rings (SSSR count). The van der Waals surface area contributed by atoms with Crippen molar-refractivity contribution in [3.05, 3.63) is 64.1 Å². The molecule has 0 heterocycles. The minimum Gasteiger partial charge on any atom is -0.483 e. The Bertz CT molecular complexity index is 657. The molecule has 0 saturated carbocycles. The van der Waals surface area contributed by atoms with Crippen molar-refractivity contribution in [3.8, 4) is 5.75 Å². The summed E-state index contributed by atoms with van der Waals surface area (Å²) in [5, 5.41) is 3.89. The van der Waals surface area contributed by atoms with E-state index in [-0.39, 0.29) is 12.5 Å². The number of nitrogens with one attached hydrogen (secondary N) is 1. The molecule has 0 aromatic heterocycles. The van der Waals surface area contributed by atoms with Gasteiger partial charge in [-0.15, -0.1) is 0 Å². The summed E-state index contributed by atoms with van der Waals surface area (Å²) in [6.07, 6.45) is 2.54. The van der Waals surface area contributed by atoms with E-state index in [2.05, 4.69) is 33.4 Å². The number of hydrogen-bond donors (Lipinski definition) is 1. The lowest BCUT2D eigenvalue weighted by atomic mass is 10.2. The third-order valence-corrected chi connectivity index (χ3v) is 3.59. The number of hydrogen-bond acceptors (Lipinski definition) is 3. The van der Waals surface area contributed by atoms with Gasteiger partial charge >= 0.3 is 0 Å². The number of aryl methyl sites for hydroxylation is 1. The number of rotatable bonds is 6. The fourth-order valence-corrected chi connectivity index (χ4v) is 2.32. The highest BCUT2D eigenvalue weighted by atomic mass is 79.9. The fourth-order valence-electron chi connectivity index (χ4n) is 1.77. The van der Waals surface area contributed by atoms with Crippen molar-refractivity contribution in [1.29, 1.82) is 0 Å². The van der Waals surface area contributed by atoms with Crippen molar-refractivity contribution in [2.45, 2.75) is 13.3 Å². The number of carbonyl (C=O) groups is 1. The van der Waals surface area contributed by atoms with Crippen molar-refractivity contribution in [1.82, 2.24) is 5.43 Å². The second-order valence-corrected chi connectivity index (χ2v) is 5.47. The first-order valence-corrected chi connectivity index (χ1v) is 7.76. The summed E-state index contributed by atoms with van der Waals surface area (Å²) >= 11 is 3.43. The number of ether oxygens (including phenoxy) is 1. The lowest BCUT2D eigenvalue weighted by Crippen LogP contribution is -2.24. The van der Waals surface area contributed by atoms with Gasteiger partial charge in [0.05, 0.1) is 10.7 Å². The largest absolute Gasteiger partial charge is 0.483 e. The molecule has 0 unspecified atom stereocenters. The average Bonchev–Trinajstić information content (AvgIpc) is 2.54. The summed E-state index contributed by atoms with van der Waals surface area (Å²) in [6, 6.07) is 15.4. The number of amides is 1. The molecule has 2 aromatic rings. The van der Waals surface area contributed by atoms with Crippen LogP contribution in [-0.4, -0.2) is 18.7 Å². The number of nitrogens with zero attached hydrogens (tertiary/aromatic N) is 1. The highest BCUT2D eigenvalue weighted by molar-refractivity contribution is 9.10. The molecule has 114 valence electrons. The summed E-state index contributed by atoms with van der Waals surface area (Å²) in [6.45, 7) is 2.00. The quantitative estimate of drug-likeness (QED) is 0.632. The van der Waals surface area contributed by atoms with Gasteiger partial charge in [-0.3, -0.25) is 4.79 Å². The summed E-state index contributed by atoms with van der Waals surface area (Å²) in [5.74, 6) is 0.332. The summed E-state index contributed by atoms with van der Waals surface area (Å²) in [5.41, 5.74) is 4.56. The highest BCUT2D eigenvalue weighted by Crippen LogP contribution is 2.26. The zero-order chi connectivity index (χ0) is 15.8. The van der Waals surface area contributed by atoms with Gasteiger partial charge in [0.2, 0.25) is 0 Å². The van der Waals surface area contributed by atoms with E-state index in [0.717, 1.165) is 16.5 Å². The Hall–Kier alpha value is -2.14. The second-order valence-electron chi connectivity index (χ2n) is 4.61. The summed E-state index contributed by atoms with van der Waals surface area (Å²) < 4.78 is 6.31. The highest BCUT2D eigenvalue weighted by Gasteiger charge is 2.05. The van der Waals surface area contributed by atoms with E-state index < -0.39 is 0 Å². The molecule has 1 amide bonds. The standard InChI is InChI=1S/C17H17BrN2O2/c1-2-13-8-9-16(15(18)10-13)22-12-17(21)20-19-11-14-6-4-3-5-7-14/h3-11H,2,12H2,1H3,(H,20,21). The molecule has 22 heavy (non-hydrogen) atoms. The minimum absolute atomic E-state index is 0.0871. The van der Waals surface area contributed by atoms with E-state index in [9.17, 15) is 4.79 Å². The van der Waals surface area contributed by atoms with Crippen LogP contribution in [0.25, 0.3) is 0 Å². The lowest BCUT2D eigenvalue weighted by Gasteiger charge is -2.08. The number of halogens is 1. The molecule has 1 N–H and O–H groups in total. The zero-order valence-corrected chi connectivity index (χ0v) is 13.8. The van der Waals surface area contributed by atoms with E-state index in [1.807, 2.05) is 48.5 Å². The van der Waals surface area contributed by atoms with Gasteiger partial charge in [0.25, 0.3) is 5.91 Å². The van der Waals surface area contributed by atoms with Gasteiger partial charge in [-0.05, 0) is 45.6 Å². The maximum absolute atomic E-state index is 11.7. The molecule has 5 heteroatoms. The first-order chi connectivity index (χ1) is 10.7. The van der Waals surface area contributed by atoms with Crippen molar-refractivity contribution in [2.75, 3.05) is 6.61 Å². The molecule has 0 spiro atoms. The van der Waals surface area contributed by atoms with Crippen LogP contribution in [0.5, 0.6) is 5.75 Å². The molecule has 0 aliphatic rings. The smallest absolute Gasteiger partial charge is 0.277 e. The van der Waals surface area contributed by atoms with E-state index in [0.29, 0.717) is 5.75 Å². The van der Waals surface area contributed by atoms with E-state index in [1.165, 1.54) is 5.56 Å². The predicted molar refractivity (Wildman–Crippen MR) is 91.2 cm³/mol. The molecule has 0 aliphatic carbocycles. The predicted octanol–water partition coefficient (Wildman–Crippen LogP) is 3.54. The summed E-state index contributed by atoms with van der Waals surface area (Å²) in [4.78, 5) is 11.7. The number of carbonyl (C=O) groups excluding carboxylic acids is 1. The van der Waals surface area contributed by atoms with Crippen molar-refractivity contribution in [3.63, 3.8) is 0 Å². The van der Waals surface area contributed by atoms with E-state index in [4.69, 9.17) is 4.74 Å². The van der Waals surface area contributed by atoms with Gasteiger partial charge < -0.3 is 4.74 Å². The van der Waals surface area contributed by atoms with Gasteiger partial charge in [-0.2, -0.15) is 5.10 Å². The van der Waals surface area contributed by atoms with Crippen LogP contribution in [0.1, 0.15) is 18.1 Å². The maximum atomic E-state index is 11.7. The Balaban J connectivity index is 1.82. The van der Waals surface area contributed by atoms with Crippen molar-refractivity contribution >= 4 is 28.1 Å². The minimum atomic E-state index is -0.307. The van der Waals surface area contributed by atoms with Crippen LogP contribution in [0.3, 0.4) is 0 Å². The first kappa shape index (κ1) is 16.2. The van der Waals surface area contributed by atoms with Crippen LogP contribution in [0, 0.1) is 0 Å². The topological polar surface area (TPSA) is 50.7 Å². The third-order valence-electron chi connectivity index (χ3n) is 2.97. The first-order valence-electron chi connectivity index (χ1n) is 6.97. The van der Waals surface area contributed by atoms with Crippen molar-refractivity contribution in [2.24, 2.45) is 5.10 Å². The SMILES string of the molecule is CCc1ccc(OCC(=O)NN=Cc2ccccc2)c(Br)c1. The van der Waals surface area contributed by atoms with Crippen molar-refractivity contribution < 1.29 is 9.53 Å². The van der Waals surface area contributed by atoms with Crippen LogP contribution in [-0.2, 0) is 11.2 Å². The molecule has 0 atom stereocenters. The van der Waals surface area contributed by atoms with E-state index >= 15 is 0 Å². The Morgan fingerprint density at radius 2 is 2.05 bits per heavy atom. The monoisotopic (exact) mass is 360 g/mol. The lowest BCUT2D eigenvalue weighted by molar-refractivity contribution is -0.123. The van der Waals surface area contributed by atoms with Crippen LogP contribution in [0.4, 0.5) is 0 Å². The molecule has 0 radical (unpaired) electrons. The zero-order valence-electron chi connectivity index (χ0n) is 12.3. The Morgan fingerprint density at radius 1 is 1.27 bits per heavy atom. The molecule has 2 aromatic carbocycles. The molecule has 0 aliphatic heterocycles. The van der Waals surface area contributed by atoms with Crippen LogP contribution in [0.2, 0.25) is 0 Å². The Labute approximate surface area is 138 Å².